The summed E-state index contributed by atoms with van der Waals surface area (Å²) in [5.41, 5.74) is 3.49. The van der Waals surface area contributed by atoms with Gasteiger partial charge in [0.2, 0.25) is 0 Å². The highest BCUT2D eigenvalue weighted by Gasteiger charge is 2.46. The molecule has 1 heterocycles. The van der Waals surface area contributed by atoms with Gasteiger partial charge in [0.25, 0.3) is 0 Å². The quantitative estimate of drug-likeness (QED) is 0.528. The number of nitrogens with zero attached hydrogens (tertiary/aromatic N) is 1. The number of carbonyl (C=O) groups excluding carboxylic acids is 2. The van der Waals surface area contributed by atoms with Crippen molar-refractivity contribution in [3.8, 4) is 0 Å². The van der Waals surface area contributed by atoms with E-state index in [9.17, 15) is 14.0 Å². The van der Waals surface area contributed by atoms with Crippen molar-refractivity contribution in [2.45, 2.75) is 25.8 Å². The third kappa shape index (κ3) is 3.45. The topological polar surface area (TPSA) is 37.4 Å². The van der Waals surface area contributed by atoms with Crippen LogP contribution in [0.4, 0.5) is 10.1 Å². The minimum absolute atomic E-state index is 0.0724. The van der Waals surface area contributed by atoms with Crippen molar-refractivity contribution < 1.29 is 14.0 Å². The summed E-state index contributed by atoms with van der Waals surface area (Å²) in [5.74, 6) is -0.917. The summed E-state index contributed by atoms with van der Waals surface area (Å²) in [6, 6.07) is 24.1. The molecule has 0 aliphatic carbocycles. The molecule has 0 saturated carbocycles. The number of halogens is 1. The molecular formula is C26H22FNO2. The largest absolute Gasteiger partial charge is 0.333 e. The van der Waals surface area contributed by atoms with E-state index in [1.165, 1.54) is 19.1 Å². The van der Waals surface area contributed by atoms with Crippen LogP contribution in [0.5, 0.6) is 0 Å². The zero-order chi connectivity index (χ0) is 21.3. The van der Waals surface area contributed by atoms with E-state index in [1.54, 1.807) is 24.3 Å². The van der Waals surface area contributed by atoms with Gasteiger partial charge in [-0.3, -0.25) is 9.59 Å². The standard InChI is InChI=1S/C26H22FNO2/c1-17-23(18(2)29)24(19-9-5-3-6-10-19)25(26(30)20-11-7-4-8-12-20)28(17)22-15-13-21(27)14-16-22/h3-16,24-25H,1-2H3. The van der Waals surface area contributed by atoms with Crippen LogP contribution < -0.4 is 4.90 Å². The van der Waals surface area contributed by atoms with E-state index in [4.69, 9.17) is 0 Å². The predicted molar refractivity (Wildman–Crippen MR) is 116 cm³/mol. The van der Waals surface area contributed by atoms with Crippen LogP contribution in [-0.4, -0.2) is 17.6 Å². The van der Waals surface area contributed by atoms with E-state index in [0.29, 0.717) is 16.8 Å². The lowest BCUT2D eigenvalue weighted by atomic mass is 9.82. The number of hydrogen-bond donors (Lipinski definition) is 0. The Labute approximate surface area is 175 Å². The van der Waals surface area contributed by atoms with Crippen LogP contribution in [0, 0.1) is 5.82 Å². The normalized spacial score (nSPS) is 18.6. The van der Waals surface area contributed by atoms with Gasteiger partial charge in [-0.25, -0.2) is 4.39 Å². The lowest BCUT2D eigenvalue weighted by molar-refractivity contribution is -0.113. The van der Waals surface area contributed by atoms with Crippen molar-refractivity contribution in [2.24, 2.45) is 0 Å². The third-order valence-electron chi connectivity index (χ3n) is 5.63. The van der Waals surface area contributed by atoms with Gasteiger partial charge in [-0.1, -0.05) is 60.7 Å². The molecule has 30 heavy (non-hydrogen) atoms. The molecule has 3 aromatic rings. The number of Topliss-reactive ketones (excluding diaryl/α,β-unsaturated/α-hetero) is 2. The fourth-order valence-electron chi connectivity index (χ4n) is 4.35. The molecule has 0 fully saturated rings. The second-order valence-electron chi connectivity index (χ2n) is 7.47. The summed E-state index contributed by atoms with van der Waals surface area (Å²) >= 11 is 0. The Morgan fingerprint density at radius 2 is 1.40 bits per heavy atom. The van der Waals surface area contributed by atoms with Gasteiger partial charge in [-0.2, -0.15) is 0 Å². The highest BCUT2D eigenvalue weighted by Crippen LogP contribution is 2.45. The Morgan fingerprint density at radius 1 is 0.833 bits per heavy atom. The van der Waals surface area contributed by atoms with E-state index in [0.717, 1.165) is 11.3 Å². The summed E-state index contributed by atoms with van der Waals surface area (Å²) in [5, 5.41) is 0. The first kappa shape index (κ1) is 19.8. The number of anilines is 1. The van der Waals surface area contributed by atoms with Crippen molar-refractivity contribution in [1.82, 2.24) is 0 Å². The zero-order valence-corrected chi connectivity index (χ0v) is 16.9. The van der Waals surface area contributed by atoms with Gasteiger partial charge in [0.05, 0.1) is 0 Å². The van der Waals surface area contributed by atoms with Crippen LogP contribution in [-0.2, 0) is 4.79 Å². The molecule has 3 aromatic carbocycles. The summed E-state index contributed by atoms with van der Waals surface area (Å²) in [4.78, 5) is 28.3. The fourth-order valence-corrected chi connectivity index (χ4v) is 4.35. The minimum atomic E-state index is -0.640. The van der Waals surface area contributed by atoms with Crippen molar-refractivity contribution >= 4 is 17.3 Å². The molecule has 0 amide bonds. The van der Waals surface area contributed by atoms with E-state index in [1.807, 2.05) is 60.4 Å². The van der Waals surface area contributed by atoms with E-state index >= 15 is 0 Å². The Balaban J connectivity index is 1.93. The maximum atomic E-state index is 13.7. The van der Waals surface area contributed by atoms with Crippen LogP contribution in [0.1, 0.15) is 35.7 Å². The van der Waals surface area contributed by atoms with Crippen molar-refractivity contribution in [2.75, 3.05) is 4.90 Å². The molecule has 0 radical (unpaired) electrons. The first-order valence-corrected chi connectivity index (χ1v) is 9.89. The molecule has 4 rings (SSSR count). The van der Waals surface area contributed by atoms with Gasteiger partial charge in [0, 0.05) is 28.4 Å². The Kier molecular flexibility index (Phi) is 5.32. The summed E-state index contributed by atoms with van der Waals surface area (Å²) in [6.45, 7) is 3.39. The van der Waals surface area contributed by atoms with Crippen LogP contribution >= 0.6 is 0 Å². The molecule has 150 valence electrons. The molecule has 2 unspecified atom stereocenters. The molecule has 0 spiro atoms. The first-order chi connectivity index (χ1) is 14.5. The van der Waals surface area contributed by atoms with Gasteiger partial charge in [-0.15, -0.1) is 0 Å². The van der Waals surface area contributed by atoms with Crippen LogP contribution in [0.2, 0.25) is 0 Å². The molecule has 0 aromatic heterocycles. The number of hydrogen-bond acceptors (Lipinski definition) is 3. The molecule has 2 atom stereocenters. The fraction of sp³-hybridized carbons (Fsp3) is 0.154. The van der Waals surface area contributed by atoms with Crippen molar-refractivity contribution in [3.05, 3.63) is 113 Å². The smallest absolute Gasteiger partial charge is 0.186 e. The van der Waals surface area contributed by atoms with E-state index < -0.39 is 12.0 Å². The van der Waals surface area contributed by atoms with Crippen LogP contribution in [0.25, 0.3) is 0 Å². The maximum absolute atomic E-state index is 13.7. The van der Waals surface area contributed by atoms with Gasteiger partial charge in [-0.05, 0) is 43.7 Å². The van der Waals surface area contributed by atoms with E-state index in [-0.39, 0.29) is 17.4 Å². The lowest BCUT2D eigenvalue weighted by Gasteiger charge is -2.31. The third-order valence-corrected chi connectivity index (χ3v) is 5.63. The zero-order valence-electron chi connectivity index (χ0n) is 16.9. The number of ketones is 2. The monoisotopic (exact) mass is 399 g/mol. The molecular weight excluding hydrogens is 377 g/mol. The number of benzene rings is 3. The summed E-state index contributed by atoms with van der Waals surface area (Å²) < 4.78 is 13.6. The van der Waals surface area contributed by atoms with Crippen LogP contribution in [0.3, 0.4) is 0 Å². The predicted octanol–water partition coefficient (Wildman–Crippen LogP) is 5.54. The molecule has 0 N–H and O–H groups in total. The Morgan fingerprint density at radius 3 is 1.97 bits per heavy atom. The summed E-state index contributed by atoms with van der Waals surface area (Å²) in [6.07, 6.45) is 0. The molecule has 1 aliphatic rings. The Bertz CT molecular complexity index is 1100. The van der Waals surface area contributed by atoms with Gasteiger partial charge < -0.3 is 4.90 Å². The van der Waals surface area contributed by atoms with E-state index in [2.05, 4.69) is 0 Å². The van der Waals surface area contributed by atoms with Gasteiger partial charge in [0.15, 0.2) is 11.6 Å². The minimum Gasteiger partial charge on any atom is -0.333 e. The number of allylic oxidation sites excluding steroid dienone is 1. The molecule has 1 aliphatic heterocycles. The maximum Gasteiger partial charge on any atom is 0.186 e. The summed E-state index contributed by atoms with van der Waals surface area (Å²) in [7, 11) is 0. The number of rotatable bonds is 5. The van der Waals surface area contributed by atoms with Crippen molar-refractivity contribution in [1.29, 1.82) is 0 Å². The molecule has 0 bridgehead atoms. The average Bonchev–Trinajstić information content (AvgIpc) is 3.08. The first-order valence-electron chi connectivity index (χ1n) is 9.89. The second kappa shape index (κ2) is 8.07. The average molecular weight is 399 g/mol. The van der Waals surface area contributed by atoms with Crippen molar-refractivity contribution in [3.63, 3.8) is 0 Å². The second-order valence-corrected chi connectivity index (χ2v) is 7.47. The van der Waals surface area contributed by atoms with Gasteiger partial charge in [0.1, 0.15) is 11.9 Å². The highest BCUT2D eigenvalue weighted by molar-refractivity contribution is 6.08. The molecule has 0 saturated heterocycles. The van der Waals surface area contributed by atoms with Gasteiger partial charge >= 0.3 is 0 Å². The molecule has 3 nitrogen and oxygen atoms in total. The Hall–Kier alpha value is -3.53. The highest BCUT2D eigenvalue weighted by atomic mass is 19.1. The number of carbonyl (C=O) groups is 2. The SMILES string of the molecule is CC(=O)C1=C(C)N(c2ccc(F)cc2)C(C(=O)c2ccccc2)C1c1ccccc1. The lowest BCUT2D eigenvalue weighted by Crippen LogP contribution is -2.40. The van der Waals surface area contributed by atoms with Crippen LogP contribution in [0.15, 0.2) is 96.2 Å². The molecule has 4 heteroatoms.